The number of guanidine groups is 1. The first kappa shape index (κ1) is 20.3. The molecule has 4 unspecified atom stereocenters. The van der Waals surface area contributed by atoms with Gasteiger partial charge in [0.2, 0.25) is 0 Å². The Balaban J connectivity index is 0.00000225. The van der Waals surface area contributed by atoms with Crippen LogP contribution in [-0.4, -0.2) is 38.9 Å². The number of methoxy groups -OCH3 is 1. The number of nitrogens with zero attached hydrogens (tertiary/aromatic N) is 1. The van der Waals surface area contributed by atoms with Gasteiger partial charge < -0.3 is 20.1 Å². The Morgan fingerprint density at radius 2 is 2.08 bits per heavy atom. The van der Waals surface area contributed by atoms with Crippen molar-refractivity contribution in [3.05, 3.63) is 29.8 Å². The second kappa shape index (κ2) is 8.12. The van der Waals surface area contributed by atoms with Crippen molar-refractivity contribution >= 4 is 29.9 Å². The van der Waals surface area contributed by atoms with E-state index in [2.05, 4.69) is 42.5 Å². The van der Waals surface area contributed by atoms with Gasteiger partial charge in [-0.2, -0.15) is 0 Å². The van der Waals surface area contributed by atoms with Crippen molar-refractivity contribution in [2.45, 2.75) is 45.4 Å². The van der Waals surface area contributed by atoms with Crippen LogP contribution in [0.25, 0.3) is 0 Å². The van der Waals surface area contributed by atoms with Gasteiger partial charge in [0.05, 0.1) is 19.3 Å². The smallest absolute Gasteiger partial charge is 0.191 e. The van der Waals surface area contributed by atoms with E-state index in [1.165, 1.54) is 0 Å². The Hall–Kier alpha value is -1.02. The summed E-state index contributed by atoms with van der Waals surface area (Å²) in [5.41, 5.74) is 1.25. The van der Waals surface area contributed by atoms with Crippen LogP contribution in [0.2, 0.25) is 0 Å². The SMILES string of the molecule is CN=C(NC(C)c1ccccc1OC)NC1C2CCOC2C1(C)C.I. The van der Waals surface area contributed by atoms with E-state index in [9.17, 15) is 0 Å². The van der Waals surface area contributed by atoms with Crippen LogP contribution in [0.3, 0.4) is 0 Å². The quantitative estimate of drug-likeness (QED) is 0.412. The maximum absolute atomic E-state index is 5.88. The zero-order chi connectivity index (χ0) is 17.3. The van der Waals surface area contributed by atoms with Crippen molar-refractivity contribution in [2.75, 3.05) is 20.8 Å². The fourth-order valence-electron chi connectivity index (χ4n) is 4.24. The number of hydrogen-bond donors (Lipinski definition) is 2. The zero-order valence-electron chi connectivity index (χ0n) is 15.7. The van der Waals surface area contributed by atoms with E-state index in [1.54, 1.807) is 7.11 Å². The first-order valence-corrected chi connectivity index (χ1v) is 8.73. The van der Waals surface area contributed by atoms with Gasteiger partial charge in [-0.3, -0.25) is 4.99 Å². The lowest BCUT2D eigenvalue weighted by Crippen LogP contribution is -2.68. The maximum Gasteiger partial charge on any atom is 0.191 e. The maximum atomic E-state index is 5.88. The highest BCUT2D eigenvalue weighted by atomic mass is 127. The molecule has 1 saturated carbocycles. The van der Waals surface area contributed by atoms with Gasteiger partial charge in [0, 0.05) is 36.6 Å². The molecule has 2 N–H and O–H groups in total. The number of hydrogen-bond acceptors (Lipinski definition) is 3. The van der Waals surface area contributed by atoms with Crippen LogP contribution >= 0.6 is 24.0 Å². The summed E-state index contributed by atoms with van der Waals surface area (Å²) in [5.74, 6) is 2.30. The van der Waals surface area contributed by atoms with Crippen molar-refractivity contribution < 1.29 is 9.47 Å². The van der Waals surface area contributed by atoms with Crippen molar-refractivity contribution in [3.8, 4) is 5.75 Å². The molecule has 1 heterocycles. The van der Waals surface area contributed by atoms with Gasteiger partial charge in [-0.25, -0.2) is 0 Å². The van der Waals surface area contributed by atoms with Gasteiger partial charge >= 0.3 is 0 Å². The van der Waals surface area contributed by atoms with Crippen LogP contribution < -0.4 is 15.4 Å². The molecule has 6 heteroatoms. The number of para-hydroxylation sites is 1. The lowest BCUT2D eigenvalue weighted by molar-refractivity contribution is -0.106. The molecule has 2 aliphatic rings. The summed E-state index contributed by atoms with van der Waals surface area (Å²) in [6, 6.07) is 8.57. The Morgan fingerprint density at radius 1 is 1.36 bits per heavy atom. The Bertz CT molecular complexity index is 620. The second-order valence-corrected chi connectivity index (χ2v) is 7.37. The van der Waals surface area contributed by atoms with Gasteiger partial charge in [0.1, 0.15) is 5.75 Å². The molecule has 0 aromatic heterocycles. The monoisotopic (exact) mass is 459 g/mol. The lowest BCUT2D eigenvalue weighted by atomic mass is 9.57. The van der Waals surface area contributed by atoms with E-state index in [1.807, 2.05) is 25.2 Å². The standard InChI is InChI=1S/C19H29N3O2.HI/c1-12(13-8-6-7-9-15(13)23-5)21-18(20-4)22-16-14-10-11-24-17(14)19(16,2)3;/h6-9,12,14,16-17H,10-11H2,1-5H3,(H2,20,21,22);1H. The zero-order valence-corrected chi connectivity index (χ0v) is 18.0. The normalized spacial score (nSPS) is 28.2. The number of fused-ring (bicyclic) bond motifs is 1. The van der Waals surface area contributed by atoms with E-state index in [0.717, 1.165) is 30.3 Å². The van der Waals surface area contributed by atoms with E-state index in [4.69, 9.17) is 9.47 Å². The molecular weight excluding hydrogens is 429 g/mol. The average Bonchev–Trinajstić information content (AvgIpc) is 3.05. The lowest BCUT2D eigenvalue weighted by Gasteiger charge is -2.55. The molecule has 140 valence electrons. The number of benzene rings is 1. The van der Waals surface area contributed by atoms with Crippen molar-refractivity contribution in [1.82, 2.24) is 10.6 Å². The van der Waals surface area contributed by atoms with Crippen LogP contribution in [0, 0.1) is 11.3 Å². The summed E-state index contributed by atoms with van der Waals surface area (Å²) in [4.78, 5) is 4.42. The predicted molar refractivity (Wildman–Crippen MR) is 112 cm³/mol. The number of nitrogens with one attached hydrogen (secondary N) is 2. The van der Waals surface area contributed by atoms with Gasteiger partial charge in [-0.15, -0.1) is 24.0 Å². The third-order valence-corrected chi connectivity index (χ3v) is 5.57. The topological polar surface area (TPSA) is 54.9 Å². The molecule has 1 saturated heterocycles. The Morgan fingerprint density at radius 3 is 2.76 bits per heavy atom. The molecule has 0 radical (unpaired) electrons. The van der Waals surface area contributed by atoms with E-state index >= 15 is 0 Å². The summed E-state index contributed by atoms with van der Waals surface area (Å²) >= 11 is 0. The van der Waals surface area contributed by atoms with Gasteiger partial charge in [0.25, 0.3) is 0 Å². The van der Waals surface area contributed by atoms with Crippen molar-refractivity contribution in [1.29, 1.82) is 0 Å². The van der Waals surface area contributed by atoms with Crippen LogP contribution in [0.4, 0.5) is 0 Å². The molecule has 1 aromatic rings. The molecule has 1 aliphatic heterocycles. The number of ether oxygens (including phenoxy) is 2. The van der Waals surface area contributed by atoms with Crippen molar-refractivity contribution in [3.63, 3.8) is 0 Å². The number of aliphatic imine (C=N–C) groups is 1. The molecule has 0 bridgehead atoms. The summed E-state index contributed by atoms with van der Waals surface area (Å²) in [7, 11) is 3.52. The average molecular weight is 459 g/mol. The third kappa shape index (κ3) is 3.74. The second-order valence-electron chi connectivity index (χ2n) is 7.37. The fraction of sp³-hybridized carbons (Fsp3) is 0.632. The van der Waals surface area contributed by atoms with Gasteiger partial charge in [-0.1, -0.05) is 32.0 Å². The van der Waals surface area contributed by atoms with Gasteiger partial charge in [-0.05, 0) is 19.4 Å². The summed E-state index contributed by atoms with van der Waals surface area (Å²) in [6.07, 6.45) is 1.50. The molecule has 1 aromatic carbocycles. The van der Waals surface area contributed by atoms with E-state index in [0.29, 0.717) is 18.1 Å². The summed E-state index contributed by atoms with van der Waals surface area (Å²) in [5, 5.41) is 7.11. The minimum atomic E-state index is 0. The number of rotatable bonds is 4. The molecule has 3 rings (SSSR count). The number of halogens is 1. The highest BCUT2D eigenvalue weighted by Gasteiger charge is 2.59. The summed E-state index contributed by atoms with van der Waals surface area (Å²) < 4.78 is 11.3. The molecule has 4 atom stereocenters. The van der Waals surface area contributed by atoms with Gasteiger partial charge in [0.15, 0.2) is 5.96 Å². The first-order chi connectivity index (χ1) is 11.5. The van der Waals surface area contributed by atoms with Crippen LogP contribution in [0.5, 0.6) is 5.75 Å². The molecule has 5 nitrogen and oxygen atoms in total. The van der Waals surface area contributed by atoms with Crippen molar-refractivity contribution in [2.24, 2.45) is 16.3 Å². The molecule has 2 fully saturated rings. The minimum Gasteiger partial charge on any atom is -0.496 e. The Kier molecular flexibility index (Phi) is 6.59. The predicted octanol–water partition coefficient (Wildman–Crippen LogP) is 3.35. The molecule has 0 spiro atoms. The third-order valence-electron chi connectivity index (χ3n) is 5.57. The summed E-state index contributed by atoms with van der Waals surface area (Å²) in [6.45, 7) is 7.54. The molecular formula is C19H30IN3O2. The molecule has 25 heavy (non-hydrogen) atoms. The van der Waals surface area contributed by atoms with E-state index in [-0.39, 0.29) is 35.4 Å². The molecule has 0 amide bonds. The van der Waals surface area contributed by atoms with Crippen LogP contribution in [-0.2, 0) is 4.74 Å². The van der Waals surface area contributed by atoms with Crippen LogP contribution in [0.15, 0.2) is 29.3 Å². The highest BCUT2D eigenvalue weighted by Crippen LogP contribution is 2.52. The first-order valence-electron chi connectivity index (χ1n) is 8.73. The highest BCUT2D eigenvalue weighted by molar-refractivity contribution is 14.0. The van der Waals surface area contributed by atoms with E-state index < -0.39 is 0 Å². The molecule has 1 aliphatic carbocycles. The minimum absolute atomic E-state index is 0. The fourth-order valence-corrected chi connectivity index (χ4v) is 4.24. The van der Waals surface area contributed by atoms with Crippen LogP contribution in [0.1, 0.15) is 38.8 Å². The largest absolute Gasteiger partial charge is 0.496 e. The Labute approximate surface area is 168 Å².